The maximum atomic E-state index is 5.01. The topological polar surface area (TPSA) is 30.5 Å². The van der Waals surface area contributed by atoms with Gasteiger partial charge < -0.3 is 5.32 Å². The largest absolute Gasteiger partial charge is 0.389 e. The van der Waals surface area contributed by atoms with Gasteiger partial charge in [-0.2, -0.15) is 0 Å². The minimum atomic E-state index is -0.433. The molecule has 0 aromatic carbocycles. The van der Waals surface area contributed by atoms with Gasteiger partial charge >= 0.3 is 0 Å². The second-order valence-corrected chi connectivity index (χ2v) is 4.19. The summed E-state index contributed by atoms with van der Waals surface area (Å²) in [6, 6.07) is 1.17. The van der Waals surface area contributed by atoms with Crippen LogP contribution in [0.2, 0.25) is 6.04 Å². The fraction of sp³-hybridized carbons (Fsp3) is 0.778. The molecule has 0 rings (SSSR count). The van der Waals surface area contributed by atoms with E-state index >= 15 is 0 Å². The molecule has 0 aromatic heterocycles. The number of rotatable bonds is 8. The Morgan fingerprint density at radius 2 is 2.31 bits per heavy atom. The van der Waals surface area contributed by atoms with Crippen molar-refractivity contribution in [3.63, 3.8) is 0 Å². The van der Waals surface area contributed by atoms with Crippen LogP contribution in [0.25, 0.3) is 0 Å². The summed E-state index contributed by atoms with van der Waals surface area (Å²) < 4.78 is 5.01. The van der Waals surface area contributed by atoms with Crippen molar-refractivity contribution in [2.24, 2.45) is 0 Å². The van der Waals surface area contributed by atoms with E-state index in [2.05, 4.69) is 18.3 Å². The first-order valence-electron chi connectivity index (χ1n) is 4.92. The Morgan fingerprint density at radius 3 is 2.92 bits per heavy atom. The van der Waals surface area contributed by atoms with Crippen LogP contribution in [0.4, 0.5) is 0 Å². The van der Waals surface area contributed by atoms with Crippen molar-refractivity contribution in [2.75, 3.05) is 13.2 Å². The molecule has 0 radical (unpaired) electrons. The average Bonchev–Trinajstić information content (AvgIpc) is 2.16. The van der Waals surface area contributed by atoms with Gasteiger partial charge in [-0.1, -0.05) is 6.08 Å². The van der Waals surface area contributed by atoms with Crippen LogP contribution >= 0.6 is 0 Å². The lowest BCUT2D eigenvalue weighted by atomic mass is 10.4. The smallest absolute Gasteiger partial charge is 0.208 e. The molecule has 0 atom stereocenters. The molecule has 0 amide bonds. The van der Waals surface area contributed by atoms with Crippen LogP contribution in [0, 0.1) is 0 Å². The fourth-order valence-electron chi connectivity index (χ4n) is 0.816. The first kappa shape index (κ1) is 12.7. The van der Waals surface area contributed by atoms with Crippen molar-refractivity contribution >= 4 is 9.76 Å². The molecule has 0 unspecified atom stereocenters. The normalized spacial score (nSPS) is 12.7. The van der Waals surface area contributed by atoms with E-state index in [0.717, 1.165) is 6.54 Å². The summed E-state index contributed by atoms with van der Waals surface area (Å²) in [6.07, 6.45) is 3.25. The predicted octanol–water partition coefficient (Wildman–Crippen LogP) is 1.36. The Balaban J connectivity index is 3.00. The summed E-state index contributed by atoms with van der Waals surface area (Å²) in [7, 11) is -0.433. The minimum Gasteiger partial charge on any atom is -0.389 e. The average molecular weight is 203 g/mol. The van der Waals surface area contributed by atoms with Crippen molar-refractivity contribution < 1.29 is 9.46 Å². The summed E-state index contributed by atoms with van der Waals surface area (Å²) in [5.74, 6) is 0. The first-order chi connectivity index (χ1) is 6.31. The van der Waals surface area contributed by atoms with E-state index in [9.17, 15) is 0 Å². The Labute approximate surface area is 83.4 Å². The molecule has 4 heteroatoms. The molecular weight excluding hydrogens is 182 g/mol. The molecule has 0 saturated carbocycles. The lowest BCUT2D eigenvalue weighted by molar-refractivity contribution is -0.203. The Bertz CT molecular complexity index is 140. The molecule has 0 bridgehead atoms. The minimum absolute atomic E-state index is 0.433. The highest BCUT2D eigenvalue weighted by Gasteiger charge is 1.91. The van der Waals surface area contributed by atoms with Crippen molar-refractivity contribution in [1.82, 2.24) is 5.32 Å². The molecule has 0 aliphatic heterocycles. The monoisotopic (exact) mass is 203 g/mol. The van der Waals surface area contributed by atoms with Gasteiger partial charge in [0, 0.05) is 12.2 Å². The molecule has 0 fully saturated rings. The van der Waals surface area contributed by atoms with E-state index < -0.39 is 9.76 Å². The van der Waals surface area contributed by atoms with Crippen molar-refractivity contribution in [3.05, 3.63) is 11.8 Å². The number of allylic oxidation sites excluding steroid dienone is 2. The third-order valence-corrected chi connectivity index (χ3v) is 2.81. The van der Waals surface area contributed by atoms with E-state index in [1.807, 2.05) is 13.8 Å². The van der Waals surface area contributed by atoms with Gasteiger partial charge in [0.05, 0.1) is 6.61 Å². The highest BCUT2D eigenvalue weighted by atomic mass is 28.2. The second-order valence-electron chi connectivity index (χ2n) is 2.83. The fourth-order valence-corrected chi connectivity index (χ4v) is 1.67. The van der Waals surface area contributed by atoms with Gasteiger partial charge in [0.1, 0.15) is 0 Å². The van der Waals surface area contributed by atoms with E-state index in [-0.39, 0.29) is 0 Å². The van der Waals surface area contributed by atoms with Crippen molar-refractivity contribution in [2.45, 2.75) is 33.2 Å². The molecule has 78 valence electrons. The van der Waals surface area contributed by atoms with Crippen molar-refractivity contribution in [3.8, 4) is 0 Å². The molecule has 1 N–H and O–H groups in total. The van der Waals surface area contributed by atoms with Gasteiger partial charge in [-0.15, -0.1) is 0 Å². The maximum Gasteiger partial charge on any atom is 0.208 e. The van der Waals surface area contributed by atoms with E-state index in [1.165, 1.54) is 18.2 Å². The number of hydrogen-bond donors (Lipinski definition) is 1. The van der Waals surface area contributed by atoms with Crippen molar-refractivity contribution in [1.29, 1.82) is 0 Å². The third-order valence-electron chi connectivity index (χ3n) is 1.69. The molecule has 0 aromatic rings. The molecule has 3 nitrogen and oxygen atoms in total. The summed E-state index contributed by atoms with van der Waals surface area (Å²) in [6.45, 7) is 7.75. The third kappa shape index (κ3) is 9.59. The number of hydrogen-bond acceptors (Lipinski definition) is 3. The SMILES string of the molecule is C/C=C(\C)NCCC[SiH2]OOCC. The highest BCUT2D eigenvalue weighted by Crippen LogP contribution is 1.91. The Kier molecular flexibility index (Phi) is 9.52. The molecule has 0 aliphatic carbocycles. The van der Waals surface area contributed by atoms with Crippen LogP contribution in [0.1, 0.15) is 27.2 Å². The summed E-state index contributed by atoms with van der Waals surface area (Å²) in [4.78, 5) is 4.81. The van der Waals surface area contributed by atoms with Gasteiger partial charge in [0.25, 0.3) is 0 Å². The van der Waals surface area contributed by atoms with Gasteiger partial charge in [-0.05, 0) is 33.2 Å². The van der Waals surface area contributed by atoms with Gasteiger partial charge in [0.15, 0.2) is 0 Å². The molecule has 0 aliphatic rings. The molecule has 13 heavy (non-hydrogen) atoms. The first-order valence-corrected chi connectivity index (χ1v) is 6.50. The van der Waals surface area contributed by atoms with E-state index in [0.29, 0.717) is 6.61 Å². The van der Waals surface area contributed by atoms with Crippen LogP contribution in [0.15, 0.2) is 11.8 Å². The zero-order chi connectivity index (χ0) is 9.94. The quantitative estimate of drug-likeness (QED) is 0.280. The lowest BCUT2D eigenvalue weighted by Gasteiger charge is -2.05. The van der Waals surface area contributed by atoms with Crippen LogP contribution in [-0.4, -0.2) is 22.9 Å². The highest BCUT2D eigenvalue weighted by molar-refractivity contribution is 6.26. The Hall–Kier alpha value is -0.323. The summed E-state index contributed by atoms with van der Waals surface area (Å²) in [5.41, 5.74) is 1.24. The maximum absolute atomic E-state index is 5.01. The zero-order valence-corrected chi connectivity index (χ0v) is 10.3. The standard InChI is InChI=1S/C9H21NO2Si/c1-4-9(3)10-7-6-8-13-12-11-5-2/h4,10H,5-8,13H2,1-3H3/b9-4+. The van der Waals surface area contributed by atoms with E-state index in [4.69, 9.17) is 9.46 Å². The van der Waals surface area contributed by atoms with E-state index in [1.54, 1.807) is 0 Å². The Morgan fingerprint density at radius 1 is 1.54 bits per heavy atom. The second kappa shape index (κ2) is 9.76. The van der Waals surface area contributed by atoms with Gasteiger partial charge in [-0.3, -0.25) is 4.58 Å². The predicted molar refractivity (Wildman–Crippen MR) is 58.1 cm³/mol. The van der Waals surface area contributed by atoms with Crippen LogP contribution in [0.5, 0.6) is 0 Å². The summed E-state index contributed by atoms with van der Waals surface area (Å²) in [5, 5.41) is 3.31. The molecule has 0 heterocycles. The molecule has 0 saturated heterocycles. The molecular formula is C9H21NO2Si. The van der Waals surface area contributed by atoms with Gasteiger partial charge in [-0.25, -0.2) is 4.89 Å². The lowest BCUT2D eigenvalue weighted by Crippen LogP contribution is -2.13. The van der Waals surface area contributed by atoms with Crippen LogP contribution in [0.3, 0.4) is 0 Å². The van der Waals surface area contributed by atoms with Crippen LogP contribution in [-0.2, 0) is 9.46 Å². The van der Waals surface area contributed by atoms with Crippen LogP contribution < -0.4 is 5.32 Å². The van der Waals surface area contributed by atoms with Gasteiger partial charge in [0.2, 0.25) is 9.76 Å². The number of nitrogens with one attached hydrogen (secondary N) is 1. The molecule has 0 spiro atoms. The summed E-state index contributed by atoms with van der Waals surface area (Å²) >= 11 is 0. The zero-order valence-electron chi connectivity index (χ0n) is 8.93.